The zero-order valence-electron chi connectivity index (χ0n) is 5.70. The van der Waals surface area contributed by atoms with Gasteiger partial charge in [0.05, 0.1) is 0 Å². The van der Waals surface area contributed by atoms with Crippen molar-refractivity contribution in [3.8, 4) is 0 Å². The SMILES string of the molecule is O.O=P(O)(O)O.[Na+].[Na+].[Na+]. The van der Waals surface area contributed by atoms with Crippen LogP contribution in [0, 0.1) is 0 Å². The molecule has 0 aliphatic rings. The molecule has 5 N–H and O–H groups in total. The quantitative estimate of drug-likeness (QED) is 0.257. The van der Waals surface area contributed by atoms with E-state index in [2.05, 4.69) is 0 Å². The molecule has 0 aromatic carbocycles. The molecule has 9 heavy (non-hydrogen) atoms. The number of hydrogen-bond donors (Lipinski definition) is 3. The topological polar surface area (TPSA) is 109 Å². The molecular formula is H5Na3O5P+3. The van der Waals surface area contributed by atoms with Crippen molar-refractivity contribution < 1.29 is 113 Å². The van der Waals surface area contributed by atoms with Crippen LogP contribution in [0.1, 0.15) is 0 Å². The van der Waals surface area contributed by atoms with Crippen molar-refractivity contribution >= 4 is 7.82 Å². The molecule has 0 bridgehead atoms. The van der Waals surface area contributed by atoms with Crippen LogP contribution in [-0.2, 0) is 4.57 Å². The van der Waals surface area contributed by atoms with Gasteiger partial charge in [0, 0.05) is 0 Å². The molecule has 0 radical (unpaired) electrons. The van der Waals surface area contributed by atoms with Gasteiger partial charge < -0.3 is 20.2 Å². The second-order valence-corrected chi connectivity index (χ2v) is 1.54. The molecule has 0 aliphatic heterocycles. The largest absolute Gasteiger partial charge is 1.00 e. The normalized spacial score (nSPS) is 6.56. The summed E-state index contributed by atoms with van der Waals surface area (Å²) in [7, 11) is -4.64. The van der Waals surface area contributed by atoms with E-state index in [0.29, 0.717) is 0 Å². The van der Waals surface area contributed by atoms with Gasteiger partial charge in [0.2, 0.25) is 0 Å². The molecule has 0 amide bonds. The zero-order valence-corrected chi connectivity index (χ0v) is 12.6. The van der Waals surface area contributed by atoms with E-state index in [4.69, 9.17) is 19.2 Å². The Balaban J connectivity index is -0.0000000133. The van der Waals surface area contributed by atoms with Gasteiger partial charge in [-0.2, -0.15) is 0 Å². The van der Waals surface area contributed by atoms with E-state index in [0.717, 1.165) is 0 Å². The van der Waals surface area contributed by atoms with Gasteiger partial charge in [-0.1, -0.05) is 0 Å². The first-order valence-corrected chi connectivity index (χ1v) is 2.35. The average molecular weight is 185 g/mol. The number of hydrogen-bond acceptors (Lipinski definition) is 1. The van der Waals surface area contributed by atoms with Crippen LogP contribution >= 0.6 is 7.82 Å². The van der Waals surface area contributed by atoms with E-state index in [1.165, 1.54) is 0 Å². The maximum Gasteiger partial charge on any atom is 1.00 e. The molecule has 0 aromatic rings. The van der Waals surface area contributed by atoms with Gasteiger partial charge in [-0.15, -0.1) is 0 Å². The summed E-state index contributed by atoms with van der Waals surface area (Å²) in [5.74, 6) is 0. The van der Waals surface area contributed by atoms with Crippen LogP contribution in [0.5, 0.6) is 0 Å². The molecule has 40 valence electrons. The van der Waals surface area contributed by atoms with Gasteiger partial charge in [0.1, 0.15) is 0 Å². The zero-order chi connectivity index (χ0) is 4.50. The van der Waals surface area contributed by atoms with Crippen molar-refractivity contribution in [3.05, 3.63) is 0 Å². The Morgan fingerprint density at radius 2 is 0.889 bits per heavy atom. The summed E-state index contributed by atoms with van der Waals surface area (Å²) in [6.07, 6.45) is 0. The summed E-state index contributed by atoms with van der Waals surface area (Å²) in [5.41, 5.74) is 0. The van der Waals surface area contributed by atoms with Crippen LogP contribution < -0.4 is 88.7 Å². The molecule has 0 unspecified atom stereocenters. The first-order chi connectivity index (χ1) is 2.00. The van der Waals surface area contributed by atoms with Crippen LogP contribution in [0.25, 0.3) is 0 Å². The van der Waals surface area contributed by atoms with E-state index in [1.807, 2.05) is 0 Å². The van der Waals surface area contributed by atoms with E-state index >= 15 is 0 Å². The fourth-order valence-electron chi connectivity index (χ4n) is 0. The molecule has 5 nitrogen and oxygen atoms in total. The molecule has 0 fully saturated rings. The van der Waals surface area contributed by atoms with Gasteiger partial charge in [-0.05, 0) is 0 Å². The van der Waals surface area contributed by atoms with Crippen molar-refractivity contribution in [1.82, 2.24) is 0 Å². The molecule has 0 saturated heterocycles. The molecule has 0 heterocycles. The number of rotatable bonds is 0. The average Bonchev–Trinajstić information content (AvgIpc) is 0.722. The van der Waals surface area contributed by atoms with Gasteiger partial charge in [-0.25, -0.2) is 4.57 Å². The second-order valence-electron chi connectivity index (χ2n) is 0.513. The molecule has 0 saturated carbocycles. The summed E-state index contributed by atoms with van der Waals surface area (Å²) >= 11 is 0. The Bertz CT molecular complexity index is 58.3. The van der Waals surface area contributed by atoms with Crippen LogP contribution in [0.15, 0.2) is 0 Å². The Morgan fingerprint density at radius 1 is 0.889 bits per heavy atom. The minimum atomic E-state index is -4.64. The third-order valence-electron chi connectivity index (χ3n) is 0. The first-order valence-electron chi connectivity index (χ1n) is 0.783. The van der Waals surface area contributed by atoms with Crippen LogP contribution in [0.4, 0.5) is 0 Å². The van der Waals surface area contributed by atoms with Crippen LogP contribution in [0.2, 0.25) is 0 Å². The standard InChI is InChI=1S/3Na.H3O4P.H2O/c;;;1-5(2,3)4;/h;;;(H3,1,2,3,4);1H2/q3*+1;;. The van der Waals surface area contributed by atoms with Gasteiger partial charge >= 0.3 is 96.5 Å². The minimum absolute atomic E-state index is 0. The summed E-state index contributed by atoms with van der Waals surface area (Å²) in [5, 5.41) is 0. The predicted octanol–water partition coefficient (Wildman–Crippen LogP) is -10.7. The van der Waals surface area contributed by atoms with Gasteiger partial charge in [-0.3, -0.25) is 0 Å². The van der Waals surface area contributed by atoms with Crippen molar-refractivity contribution in [1.29, 1.82) is 0 Å². The minimum Gasteiger partial charge on any atom is -0.412 e. The van der Waals surface area contributed by atoms with Crippen molar-refractivity contribution in [3.63, 3.8) is 0 Å². The third kappa shape index (κ3) is 96.6. The monoisotopic (exact) mass is 185 g/mol. The Labute approximate surface area is 119 Å². The second kappa shape index (κ2) is 13.6. The third-order valence-corrected chi connectivity index (χ3v) is 0. The Hall–Kier alpha value is 3.07. The summed E-state index contributed by atoms with van der Waals surface area (Å²) in [4.78, 5) is 21.6. The first kappa shape index (κ1) is 29.6. The predicted molar refractivity (Wildman–Crippen MR) is 17.9 cm³/mol. The van der Waals surface area contributed by atoms with Crippen molar-refractivity contribution in [2.45, 2.75) is 0 Å². The summed E-state index contributed by atoms with van der Waals surface area (Å²) in [6, 6.07) is 0. The molecule has 9 heteroatoms. The van der Waals surface area contributed by atoms with Gasteiger partial charge in [0.25, 0.3) is 0 Å². The fraction of sp³-hybridized carbons (Fsp3) is 0. The molecule has 0 rings (SSSR count). The molecule has 0 aromatic heterocycles. The van der Waals surface area contributed by atoms with Gasteiger partial charge in [0.15, 0.2) is 0 Å². The van der Waals surface area contributed by atoms with E-state index in [9.17, 15) is 0 Å². The van der Waals surface area contributed by atoms with Crippen LogP contribution in [-0.4, -0.2) is 20.2 Å². The van der Waals surface area contributed by atoms with E-state index < -0.39 is 7.82 Å². The number of phosphoric acid groups is 1. The maximum atomic E-state index is 8.88. The Kier molecular flexibility index (Phi) is 44.9. The summed E-state index contributed by atoms with van der Waals surface area (Å²) in [6.45, 7) is 0. The maximum absolute atomic E-state index is 8.88. The Morgan fingerprint density at radius 3 is 0.889 bits per heavy atom. The smallest absolute Gasteiger partial charge is 0.412 e. The van der Waals surface area contributed by atoms with E-state index in [-0.39, 0.29) is 94.1 Å². The molecule has 0 aliphatic carbocycles. The summed E-state index contributed by atoms with van der Waals surface area (Å²) < 4.78 is 8.88. The fourth-order valence-corrected chi connectivity index (χ4v) is 0. The van der Waals surface area contributed by atoms with Crippen molar-refractivity contribution in [2.24, 2.45) is 0 Å². The molecule has 0 spiro atoms. The molecule has 0 atom stereocenters. The van der Waals surface area contributed by atoms with Crippen molar-refractivity contribution in [2.75, 3.05) is 0 Å². The van der Waals surface area contributed by atoms with E-state index in [1.54, 1.807) is 0 Å². The molecular weight excluding hydrogens is 180 g/mol. The van der Waals surface area contributed by atoms with Crippen LogP contribution in [0.3, 0.4) is 0 Å².